The molecular weight excluding hydrogens is 214 g/mol. The number of carbonyl (C=O) groups is 1. The van der Waals surface area contributed by atoms with Gasteiger partial charge in [-0.25, -0.2) is 0 Å². The van der Waals surface area contributed by atoms with Crippen LogP contribution in [0.2, 0.25) is 0 Å². The zero-order valence-corrected chi connectivity index (χ0v) is 11.3. The smallest absolute Gasteiger partial charge is 0.222 e. The van der Waals surface area contributed by atoms with E-state index in [-0.39, 0.29) is 5.91 Å². The van der Waals surface area contributed by atoms with Crippen LogP contribution in [0.1, 0.15) is 32.1 Å². The van der Waals surface area contributed by atoms with Crippen molar-refractivity contribution in [1.29, 1.82) is 0 Å². The molecule has 4 nitrogen and oxygen atoms in total. The minimum atomic E-state index is 0.236. The zero-order valence-electron chi connectivity index (χ0n) is 11.3. The van der Waals surface area contributed by atoms with Gasteiger partial charge in [0.05, 0.1) is 0 Å². The SMILES string of the molecule is CN1CCCC(CCN(C)C(=O)CCCN)C1. The van der Waals surface area contributed by atoms with Crippen molar-refractivity contribution in [3.63, 3.8) is 0 Å². The summed E-state index contributed by atoms with van der Waals surface area (Å²) in [5.74, 6) is 0.998. The fourth-order valence-electron chi connectivity index (χ4n) is 2.45. The van der Waals surface area contributed by atoms with Crippen LogP contribution in [-0.4, -0.2) is 56.0 Å². The van der Waals surface area contributed by atoms with E-state index in [1.54, 1.807) is 0 Å². The topological polar surface area (TPSA) is 49.6 Å². The third kappa shape index (κ3) is 5.50. The second-order valence-electron chi connectivity index (χ2n) is 5.27. The summed E-state index contributed by atoms with van der Waals surface area (Å²) in [4.78, 5) is 16.0. The number of nitrogens with zero attached hydrogens (tertiary/aromatic N) is 2. The van der Waals surface area contributed by atoms with Gasteiger partial charge in [0.1, 0.15) is 0 Å². The third-order valence-corrected chi connectivity index (χ3v) is 3.62. The molecule has 1 atom stereocenters. The highest BCUT2D eigenvalue weighted by Gasteiger charge is 2.18. The van der Waals surface area contributed by atoms with Gasteiger partial charge in [-0.2, -0.15) is 0 Å². The predicted molar refractivity (Wildman–Crippen MR) is 70.8 cm³/mol. The van der Waals surface area contributed by atoms with Crippen molar-refractivity contribution in [1.82, 2.24) is 9.80 Å². The summed E-state index contributed by atoms with van der Waals surface area (Å²) in [6.45, 7) is 3.90. The third-order valence-electron chi connectivity index (χ3n) is 3.62. The highest BCUT2D eigenvalue weighted by atomic mass is 16.2. The Morgan fingerprint density at radius 2 is 2.29 bits per heavy atom. The molecule has 100 valence electrons. The predicted octanol–water partition coefficient (Wildman–Crippen LogP) is 0.916. The van der Waals surface area contributed by atoms with Gasteiger partial charge < -0.3 is 15.5 Å². The second kappa shape index (κ2) is 7.67. The lowest BCUT2D eigenvalue weighted by molar-refractivity contribution is -0.130. The van der Waals surface area contributed by atoms with Gasteiger partial charge in [-0.3, -0.25) is 4.79 Å². The molecule has 0 spiro atoms. The maximum Gasteiger partial charge on any atom is 0.222 e. The molecule has 0 aromatic carbocycles. The van der Waals surface area contributed by atoms with Gasteiger partial charge in [-0.15, -0.1) is 0 Å². The lowest BCUT2D eigenvalue weighted by Gasteiger charge is -2.30. The molecule has 0 aromatic heterocycles. The van der Waals surface area contributed by atoms with Crippen molar-refractivity contribution in [2.75, 3.05) is 40.3 Å². The summed E-state index contributed by atoms with van der Waals surface area (Å²) in [5, 5.41) is 0. The van der Waals surface area contributed by atoms with Crippen LogP contribution in [0.15, 0.2) is 0 Å². The van der Waals surface area contributed by atoms with Crippen molar-refractivity contribution in [2.45, 2.75) is 32.1 Å². The van der Waals surface area contributed by atoms with Gasteiger partial charge in [0.25, 0.3) is 0 Å². The van der Waals surface area contributed by atoms with Gasteiger partial charge in [0.2, 0.25) is 5.91 Å². The second-order valence-corrected chi connectivity index (χ2v) is 5.27. The monoisotopic (exact) mass is 241 g/mol. The number of hydrogen-bond donors (Lipinski definition) is 1. The number of nitrogens with two attached hydrogens (primary N) is 1. The van der Waals surface area contributed by atoms with Gasteiger partial charge >= 0.3 is 0 Å². The Morgan fingerprint density at radius 3 is 2.94 bits per heavy atom. The van der Waals surface area contributed by atoms with Crippen LogP contribution in [-0.2, 0) is 4.79 Å². The molecule has 1 saturated heterocycles. The minimum absolute atomic E-state index is 0.236. The van der Waals surface area contributed by atoms with Crippen LogP contribution in [0, 0.1) is 5.92 Å². The van der Waals surface area contributed by atoms with Gasteiger partial charge in [-0.05, 0) is 51.7 Å². The number of amides is 1. The lowest BCUT2D eigenvalue weighted by Crippen LogP contribution is -2.35. The largest absolute Gasteiger partial charge is 0.346 e. The summed E-state index contributed by atoms with van der Waals surface area (Å²) in [5.41, 5.74) is 5.41. The molecule has 2 N–H and O–H groups in total. The highest BCUT2D eigenvalue weighted by Crippen LogP contribution is 2.18. The molecule has 1 aliphatic rings. The number of rotatable bonds is 6. The molecule has 0 bridgehead atoms. The van der Waals surface area contributed by atoms with Crippen LogP contribution < -0.4 is 5.73 Å². The summed E-state index contributed by atoms with van der Waals surface area (Å²) < 4.78 is 0. The van der Waals surface area contributed by atoms with Crippen molar-refractivity contribution in [3.8, 4) is 0 Å². The van der Waals surface area contributed by atoms with Crippen LogP contribution in [0.5, 0.6) is 0 Å². The lowest BCUT2D eigenvalue weighted by atomic mass is 9.95. The summed E-state index contributed by atoms with van der Waals surface area (Å²) in [7, 11) is 4.09. The van der Waals surface area contributed by atoms with Crippen molar-refractivity contribution in [3.05, 3.63) is 0 Å². The van der Waals surface area contributed by atoms with E-state index in [2.05, 4.69) is 11.9 Å². The first-order valence-electron chi connectivity index (χ1n) is 6.76. The molecule has 0 saturated carbocycles. The van der Waals surface area contributed by atoms with E-state index in [0.29, 0.717) is 13.0 Å². The maximum atomic E-state index is 11.7. The van der Waals surface area contributed by atoms with Gasteiger partial charge in [0, 0.05) is 26.6 Å². The first-order valence-corrected chi connectivity index (χ1v) is 6.76. The van der Waals surface area contributed by atoms with Gasteiger partial charge in [-0.1, -0.05) is 0 Å². The quantitative estimate of drug-likeness (QED) is 0.752. The van der Waals surface area contributed by atoms with Crippen molar-refractivity contribution in [2.24, 2.45) is 11.7 Å². The molecule has 0 aliphatic carbocycles. The summed E-state index contributed by atoms with van der Waals surface area (Å²) in [6, 6.07) is 0. The number of piperidine rings is 1. The Morgan fingerprint density at radius 1 is 1.53 bits per heavy atom. The average Bonchev–Trinajstić information content (AvgIpc) is 2.33. The first-order chi connectivity index (χ1) is 8.13. The Hall–Kier alpha value is -0.610. The molecule has 1 heterocycles. The Bertz CT molecular complexity index is 233. The van der Waals surface area contributed by atoms with E-state index < -0.39 is 0 Å². The number of carbonyl (C=O) groups excluding carboxylic acids is 1. The highest BCUT2D eigenvalue weighted by molar-refractivity contribution is 5.75. The Kier molecular flexibility index (Phi) is 6.52. The van der Waals surface area contributed by atoms with E-state index in [1.165, 1.54) is 25.9 Å². The van der Waals surface area contributed by atoms with Crippen LogP contribution in [0.25, 0.3) is 0 Å². The molecule has 1 unspecified atom stereocenters. The molecule has 4 heteroatoms. The summed E-state index contributed by atoms with van der Waals surface area (Å²) >= 11 is 0. The summed E-state index contributed by atoms with van der Waals surface area (Å²) in [6.07, 6.45) is 5.14. The molecule has 1 fully saturated rings. The molecule has 17 heavy (non-hydrogen) atoms. The molecule has 1 amide bonds. The molecule has 1 rings (SSSR count). The standard InChI is InChI=1S/C13H27N3O/c1-15-9-4-5-12(11-15)7-10-16(2)13(17)6-3-8-14/h12H,3-11,14H2,1-2H3. The van der Waals surface area contributed by atoms with E-state index in [1.807, 2.05) is 11.9 Å². The van der Waals surface area contributed by atoms with Crippen LogP contribution in [0.4, 0.5) is 0 Å². The average molecular weight is 241 g/mol. The van der Waals surface area contributed by atoms with E-state index >= 15 is 0 Å². The normalized spacial score (nSPS) is 21.5. The molecule has 0 radical (unpaired) electrons. The van der Waals surface area contributed by atoms with E-state index in [9.17, 15) is 4.79 Å². The van der Waals surface area contributed by atoms with E-state index in [4.69, 9.17) is 5.73 Å². The van der Waals surface area contributed by atoms with Gasteiger partial charge in [0.15, 0.2) is 0 Å². The first kappa shape index (κ1) is 14.5. The van der Waals surface area contributed by atoms with Crippen molar-refractivity contribution < 1.29 is 4.79 Å². The number of likely N-dealkylation sites (tertiary alicyclic amines) is 1. The fourth-order valence-corrected chi connectivity index (χ4v) is 2.45. The molecule has 0 aromatic rings. The maximum absolute atomic E-state index is 11.7. The molecule has 1 aliphatic heterocycles. The van der Waals surface area contributed by atoms with E-state index in [0.717, 1.165) is 25.3 Å². The van der Waals surface area contributed by atoms with Crippen LogP contribution >= 0.6 is 0 Å². The van der Waals surface area contributed by atoms with Crippen LogP contribution in [0.3, 0.4) is 0 Å². The zero-order chi connectivity index (χ0) is 12.7. The number of hydrogen-bond acceptors (Lipinski definition) is 3. The fraction of sp³-hybridized carbons (Fsp3) is 0.923. The Labute approximate surface area is 105 Å². The molecular formula is C13H27N3O. The Balaban J connectivity index is 2.18. The minimum Gasteiger partial charge on any atom is -0.346 e. The van der Waals surface area contributed by atoms with Crippen molar-refractivity contribution >= 4 is 5.91 Å².